The lowest BCUT2D eigenvalue weighted by Crippen LogP contribution is -2.57. The van der Waals surface area contributed by atoms with E-state index in [1.165, 1.54) is 11.1 Å². The highest BCUT2D eigenvalue weighted by Gasteiger charge is 2.34. The number of hydrogen-bond donors (Lipinski definition) is 2. The number of guanidine groups is 1. The summed E-state index contributed by atoms with van der Waals surface area (Å²) in [5.41, 5.74) is 2.68. The van der Waals surface area contributed by atoms with Gasteiger partial charge in [0.15, 0.2) is 5.96 Å². The van der Waals surface area contributed by atoms with Crippen molar-refractivity contribution in [2.45, 2.75) is 31.8 Å². The second-order valence-electron chi connectivity index (χ2n) is 6.50. The van der Waals surface area contributed by atoms with Crippen LogP contribution in [0, 0.1) is 6.92 Å². The Bertz CT molecular complexity index is 510. The van der Waals surface area contributed by atoms with E-state index in [1.54, 1.807) is 0 Å². The summed E-state index contributed by atoms with van der Waals surface area (Å²) in [5, 5.41) is 6.87. The van der Waals surface area contributed by atoms with Crippen LogP contribution in [0.4, 0.5) is 0 Å². The smallest absolute Gasteiger partial charge is 0.191 e. The molecule has 1 aliphatic heterocycles. The maximum absolute atomic E-state index is 5.52. The van der Waals surface area contributed by atoms with Crippen molar-refractivity contribution in [1.29, 1.82) is 0 Å². The zero-order valence-electron chi connectivity index (χ0n) is 15.3. The Balaban J connectivity index is 0.00000288. The quantitative estimate of drug-likeness (QED) is 0.415. The molecule has 136 valence electrons. The van der Waals surface area contributed by atoms with Crippen LogP contribution >= 0.6 is 24.0 Å². The monoisotopic (exact) mass is 446 g/mol. The third-order valence-electron chi connectivity index (χ3n) is 4.76. The summed E-state index contributed by atoms with van der Waals surface area (Å²) in [6.07, 6.45) is 2.09. The van der Waals surface area contributed by atoms with Gasteiger partial charge in [-0.25, -0.2) is 0 Å². The summed E-state index contributed by atoms with van der Waals surface area (Å²) < 4.78 is 5.52. The van der Waals surface area contributed by atoms with Gasteiger partial charge >= 0.3 is 0 Å². The van der Waals surface area contributed by atoms with Crippen molar-refractivity contribution in [2.75, 3.05) is 40.9 Å². The van der Waals surface area contributed by atoms with Gasteiger partial charge in [0, 0.05) is 38.9 Å². The van der Waals surface area contributed by atoms with Gasteiger partial charge in [0.25, 0.3) is 0 Å². The van der Waals surface area contributed by atoms with Crippen molar-refractivity contribution >= 4 is 29.9 Å². The first kappa shape index (κ1) is 21.2. The molecule has 1 aromatic rings. The Kier molecular flexibility index (Phi) is 9.01. The van der Waals surface area contributed by atoms with E-state index in [-0.39, 0.29) is 29.5 Å². The molecule has 6 heteroatoms. The maximum Gasteiger partial charge on any atom is 0.191 e. The fourth-order valence-electron chi connectivity index (χ4n) is 2.89. The van der Waals surface area contributed by atoms with E-state index in [9.17, 15) is 0 Å². The third kappa shape index (κ3) is 5.89. The Morgan fingerprint density at radius 3 is 2.33 bits per heavy atom. The number of halogens is 1. The number of rotatable bonds is 5. The molecule has 0 aliphatic carbocycles. The van der Waals surface area contributed by atoms with E-state index in [1.807, 2.05) is 7.05 Å². The second-order valence-corrected chi connectivity index (χ2v) is 6.50. The van der Waals surface area contributed by atoms with Crippen molar-refractivity contribution < 1.29 is 4.74 Å². The van der Waals surface area contributed by atoms with Crippen LogP contribution in [0.15, 0.2) is 29.3 Å². The van der Waals surface area contributed by atoms with Gasteiger partial charge in [0.05, 0.1) is 0 Å². The Hall–Kier alpha value is -0.860. The van der Waals surface area contributed by atoms with Crippen molar-refractivity contribution in [3.8, 4) is 0 Å². The lowest BCUT2D eigenvalue weighted by Gasteiger charge is -2.43. The molecule has 1 saturated heterocycles. The number of hydrogen-bond acceptors (Lipinski definition) is 3. The van der Waals surface area contributed by atoms with Crippen LogP contribution in [-0.4, -0.2) is 57.3 Å². The molecule has 0 aromatic heterocycles. The molecule has 0 saturated carbocycles. The number of likely N-dealkylation sites (N-methyl/N-ethyl adjacent to an activating group) is 1. The lowest BCUT2D eigenvalue weighted by atomic mass is 9.88. The molecule has 2 N–H and O–H groups in total. The minimum Gasteiger partial charge on any atom is -0.381 e. The fourth-order valence-corrected chi connectivity index (χ4v) is 2.89. The number of aryl methyl sites for hydroxylation is 1. The molecule has 0 unspecified atom stereocenters. The van der Waals surface area contributed by atoms with Gasteiger partial charge in [-0.3, -0.25) is 4.99 Å². The van der Waals surface area contributed by atoms with Gasteiger partial charge in [-0.1, -0.05) is 29.8 Å². The van der Waals surface area contributed by atoms with E-state index in [4.69, 9.17) is 4.74 Å². The molecule has 5 nitrogen and oxygen atoms in total. The van der Waals surface area contributed by atoms with Gasteiger partial charge in [-0.2, -0.15) is 0 Å². The van der Waals surface area contributed by atoms with Crippen LogP contribution in [0.1, 0.15) is 24.0 Å². The molecule has 2 rings (SSSR count). The molecule has 0 atom stereocenters. The van der Waals surface area contributed by atoms with E-state index >= 15 is 0 Å². The van der Waals surface area contributed by atoms with Gasteiger partial charge in [-0.15, -0.1) is 24.0 Å². The van der Waals surface area contributed by atoms with Crippen LogP contribution < -0.4 is 10.6 Å². The zero-order valence-corrected chi connectivity index (χ0v) is 17.6. The number of benzene rings is 1. The van der Waals surface area contributed by atoms with Crippen LogP contribution in [0.3, 0.4) is 0 Å². The Morgan fingerprint density at radius 2 is 1.79 bits per heavy atom. The average Bonchev–Trinajstić information content (AvgIpc) is 2.57. The van der Waals surface area contributed by atoms with Crippen molar-refractivity contribution in [3.63, 3.8) is 0 Å². The van der Waals surface area contributed by atoms with Crippen LogP contribution in [0.25, 0.3) is 0 Å². The van der Waals surface area contributed by atoms with Gasteiger partial charge in [0.1, 0.15) is 0 Å². The minimum absolute atomic E-state index is 0. The predicted molar refractivity (Wildman–Crippen MR) is 111 cm³/mol. The summed E-state index contributed by atoms with van der Waals surface area (Å²) in [7, 11) is 6.11. The molecular weight excluding hydrogens is 415 g/mol. The number of nitrogens with one attached hydrogen (secondary N) is 2. The highest BCUT2D eigenvalue weighted by atomic mass is 127. The Labute approximate surface area is 163 Å². The van der Waals surface area contributed by atoms with Crippen LogP contribution in [0.5, 0.6) is 0 Å². The number of nitrogens with zero attached hydrogens (tertiary/aromatic N) is 2. The summed E-state index contributed by atoms with van der Waals surface area (Å²) >= 11 is 0. The van der Waals surface area contributed by atoms with E-state index in [0.29, 0.717) is 0 Å². The topological polar surface area (TPSA) is 48.9 Å². The SMILES string of the molecule is CN=C(NCc1ccc(C)cc1)NCC1(N(C)C)CCOCC1.I. The van der Waals surface area contributed by atoms with Crippen LogP contribution in [-0.2, 0) is 11.3 Å². The molecule has 1 aromatic carbocycles. The maximum atomic E-state index is 5.52. The van der Waals surface area contributed by atoms with Crippen molar-refractivity contribution in [1.82, 2.24) is 15.5 Å². The van der Waals surface area contributed by atoms with Crippen molar-refractivity contribution in [2.24, 2.45) is 4.99 Å². The number of ether oxygens (including phenoxy) is 1. The number of aliphatic imine (C=N–C) groups is 1. The zero-order chi connectivity index (χ0) is 16.7. The first-order chi connectivity index (χ1) is 11.1. The highest BCUT2D eigenvalue weighted by Crippen LogP contribution is 2.24. The van der Waals surface area contributed by atoms with E-state index in [2.05, 4.69) is 65.8 Å². The molecule has 0 radical (unpaired) electrons. The fraction of sp³-hybridized carbons (Fsp3) is 0.611. The molecule has 24 heavy (non-hydrogen) atoms. The normalized spacial score (nSPS) is 17.3. The largest absolute Gasteiger partial charge is 0.381 e. The molecular formula is C18H31IN4O. The summed E-state index contributed by atoms with van der Waals surface area (Å²) in [6.45, 7) is 5.41. The third-order valence-corrected chi connectivity index (χ3v) is 4.76. The molecule has 1 fully saturated rings. The minimum atomic E-state index is 0. The van der Waals surface area contributed by atoms with E-state index in [0.717, 1.165) is 45.1 Å². The van der Waals surface area contributed by atoms with Gasteiger partial charge in [0.2, 0.25) is 0 Å². The average molecular weight is 446 g/mol. The van der Waals surface area contributed by atoms with Crippen LogP contribution in [0.2, 0.25) is 0 Å². The van der Waals surface area contributed by atoms with E-state index < -0.39 is 0 Å². The predicted octanol–water partition coefficient (Wildman–Crippen LogP) is 2.39. The lowest BCUT2D eigenvalue weighted by molar-refractivity contribution is -0.00501. The standard InChI is InChI=1S/C18H30N4O.HI/c1-15-5-7-16(8-6-15)13-20-17(19-2)21-14-18(22(3)4)9-11-23-12-10-18;/h5-8H,9-14H2,1-4H3,(H2,19,20,21);1H. The molecule has 0 spiro atoms. The molecule has 0 bridgehead atoms. The van der Waals surface area contributed by atoms with Gasteiger partial charge < -0.3 is 20.3 Å². The Morgan fingerprint density at radius 1 is 1.17 bits per heavy atom. The first-order valence-electron chi connectivity index (χ1n) is 8.31. The first-order valence-corrected chi connectivity index (χ1v) is 8.31. The molecule has 1 aliphatic rings. The molecule has 1 heterocycles. The summed E-state index contributed by atoms with van der Waals surface area (Å²) in [5.74, 6) is 0.846. The molecule has 0 amide bonds. The highest BCUT2D eigenvalue weighted by molar-refractivity contribution is 14.0. The second kappa shape index (κ2) is 10.2. The van der Waals surface area contributed by atoms with Gasteiger partial charge in [-0.05, 0) is 39.4 Å². The summed E-state index contributed by atoms with van der Waals surface area (Å²) in [6, 6.07) is 8.57. The van der Waals surface area contributed by atoms with Crippen molar-refractivity contribution in [3.05, 3.63) is 35.4 Å². The summed E-state index contributed by atoms with van der Waals surface area (Å²) in [4.78, 5) is 6.66.